The molecule has 21 heavy (non-hydrogen) atoms. The molecule has 0 radical (unpaired) electrons. The third kappa shape index (κ3) is 2.76. The van der Waals surface area contributed by atoms with Crippen LogP contribution < -0.4 is 0 Å². The highest BCUT2D eigenvalue weighted by Crippen LogP contribution is 2.34. The summed E-state index contributed by atoms with van der Waals surface area (Å²) in [4.78, 5) is 21.7. The first-order valence-corrected chi connectivity index (χ1v) is 6.41. The number of hydrogen-bond acceptors (Lipinski definition) is 3. The van der Waals surface area contributed by atoms with Gasteiger partial charge in [-0.1, -0.05) is 12.1 Å². The molecule has 0 atom stereocenters. The third-order valence-corrected chi connectivity index (χ3v) is 3.57. The van der Waals surface area contributed by atoms with Crippen LogP contribution in [0.3, 0.4) is 0 Å². The number of carboxylic acids is 1. The number of hydrogen-bond donors (Lipinski definition) is 1. The lowest BCUT2D eigenvalue weighted by molar-refractivity contribution is -0.384. The van der Waals surface area contributed by atoms with Crippen LogP contribution in [0.4, 0.5) is 5.69 Å². The van der Waals surface area contributed by atoms with Gasteiger partial charge in [-0.3, -0.25) is 10.1 Å². The van der Waals surface area contributed by atoms with Crippen molar-refractivity contribution in [3.05, 3.63) is 62.7 Å². The van der Waals surface area contributed by atoms with E-state index >= 15 is 0 Å². The standard InChI is InChI=1S/C16H15NO4/c1-9-6-11(3)14(7-10(9)2)13-5-4-12(16(18)19)8-15(13)17(20)21/h4-8H,1-3H3,(H,18,19). The normalized spacial score (nSPS) is 10.4. The fraction of sp³-hybridized carbons (Fsp3) is 0.188. The molecule has 0 bridgehead atoms. The molecule has 2 aromatic rings. The average molecular weight is 285 g/mol. The molecule has 0 aliphatic carbocycles. The molecule has 0 unspecified atom stereocenters. The minimum absolute atomic E-state index is 0.0908. The maximum atomic E-state index is 11.2. The number of rotatable bonds is 3. The van der Waals surface area contributed by atoms with Gasteiger partial charge in [0, 0.05) is 6.07 Å². The zero-order chi connectivity index (χ0) is 15.7. The number of nitrogens with zero attached hydrogens (tertiary/aromatic N) is 1. The van der Waals surface area contributed by atoms with E-state index in [1.807, 2.05) is 32.9 Å². The maximum absolute atomic E-state index is 11.2. The zero-order valence-corrected chi connectivity index (χ0v) is 12.0. The number of nitro benzene ring substituents is 1. The summed E-state index contributed by atoms with van der Waals surface area (Å²) in [5, 5.41) is 20.2. The first-order valence-electron chi connectivity index (χ1n) is 6.41. The van der Waals surface area contributed by atoms with Crippen LogP contribution >= 0.6 is 0 Å². The van der Waals surface area contributed by atoms with Crippen molar-refractivity contribution < 1.29 is 14.8 Å². The topological polar surface area (TPSA) is 80.4 Å². The largest absolute Gasteiger partial charge is 0.478 e. The molecular weight excluding hydrogens is 270 g/mol. The molecule has 0 fully saturated rings. The second kappa shape index (κ2) is 5.36. The lowest BCUT2D eigenvalue weighted by atomic mass is 9.94. The molecule has 1 N–H and O–H groups in total. The lowest BCUT2D eigenvalue weighted by Gasteiger charge is -2.11. The summed E-state index contributed by atoms with van der Waals surface area (Å²) >= 11 is 0. The van der Waals surface area contributed by atoms with Gasteiger partial charge in [0.1, 0.15) is 0 Å². The van der Waals surface area contributed by atoms with Crippen molar-refractivity contribution in [1.29, 1.82) is 0 Å². The Hall–Kier alpha value is -2.69. The van der Waals surface area contributed by atoms with Gasteiger partial charge >= 0.3 is 5.97 Å². The van der Waals surface area contributed by atoms with E-state index in [1.165, 1.54) is 12.1 Å². The molecular formula is C16H15NO4. The molecule has 0 saturated heterocycles. The van der Waals surface area contributed by atoms with Crippen molar-refractivity contribution in [2.24, 2.45) is 0 Å². The molecule has 0 amide bonds. The Bertz CT molecular complexity index is 750. The molecule has 2 aromatic carbocycles. The molecule has 5 nitrogen and oxygen atoms in total. The first kappa shape index (κ1) is 14.7. The van der Waals surface area contributed by atoms with Crippen molar-refractivity contribution in [1.82, 2.24) is 0 Å². The second-order valence-corrected chi connectivity index (χ2v) is 5.05. The quantitative estimate of drug-likeness (QED) is 0.685. The predicted octanol–water partition coefficient (Wildman–Crippen LogP) is 3.89. The van der Waals surface area contributed by atoms with Gasteiger partial charge in [-0.05, 0) is 55.2 Å². The Morgan fingerprint density at radius 2 is 1.62 bits per heavy atom. The Kier molecular flexibility index (Phi) is 3.76. The van der Waals surface area contributed by atoms with Crippen LogP contribution in [0, 0.1) is 30.9 Å². The van der Waals surface area contributed by atoms with Crippen LogP contribution in [0.25, 0.3) is 11.1 Å². The summed E-state index contributed by atoms with van der Waals surface area (Å²) < 4.78 is 0. The molecule has 0 aliphatic rings. The Morgan fingerprint density at radius 3 is 2.19 bits per heavy atom. The summed E-state index contributed by atoms with van der Waals surface area (Å²) in [6, 6.07) is 7.86. The summed E-state index contributed by atoms with van der Waals surface area (Å²) in [7, 11) is 0. The molecule has 0 aromatic heterocycles. The van der Waals surface area contributed by atoms with E-state index in [2.05, 4.69) is 0 Å². The van der Waals surface area contributed by atoms with Gasteiger partial charge in [-0.25, -0.2) is 4.79 Å². The van der Waals surface area contributed by atoms with Crippen LogP contribution in [0.1, 0.15) is 27.0 Å². The number of carboxylic acid groups (broad SMARTS) is 1. The van der Waals surface area contributed by atoms with Crippen molar-refractivity contribution >= 4 is 11.7 Å². The fourth-order valence-corrected chi connectivity index (χ4v) is 2.29. The molecule has 0 aliphatic heterocycles. The number of aryl methyl sites for hydroxylation is 3. The minimum Gasteiger partial charge on any atom is -0.478 e. The van der Waals surface area contributed by atoms with Crippen LogP contribution in [0.2, 0.25) is 0 Å². The van der Waals surface area contributed by atoms with Gasteiger partial charge in [-0.2, -0.15) is 0 Å². The van der Waals surface area contributed by atoms with E-state index < -0.39 is 10.9 Å². The number of benzene rings is 2. The van der Waals surface area contributed by atoms with Gasteiger partial charge in [0.2, 0.25) is 0 Å². The van der Waals surface area contributed by atoms with Crippen LogP contribution in [-0.2, 0) is 0 Å². The Morgan fingerprint density at radius 1 is 1.00 bits per heavy atom. The van der Waals surface area contributed by atoms with Gasteiger partial charge in [0.05, 0.1) is 16.1 Å². The Labute approximate surface area is 122 Å². The highest BCUT2D eigenvalue weighted by Gasteiger charge is 2.20. The highest BCUT2D eigenvalue weighted by molar-refractivity contribution is 5.91. The monoisotopic (exact) mass is 285 g/mol. The predicted molar refractivity (Wildman–Crippen MR) is 79.7 cm³/mol. The highest BCUT2D eigenvalue weighted by atomic mass is 16.6. The maximum Gasteiger partial charge on any atom is 0.335 e. The number of nitro groups is 1. The Balaban J connectivity index is 2.72. The molecule has 0 heterocycles. The zero-order valence-electron chi connectivity index (χ0n) is 12.0. The van der Waals surface area contributed by atoms with Crippen LogP contribution in [0.15, 0.2) is 30.3 Å². The van der Waals surface area contributed by atoms with Crippen molar-refractivity contribution in [2.75, 3.05) is 0 Å². The first-order chi connectivity index (χ1) is 9.81. The molecule has 2 rings (SSSR count). The minimum atomic E-state index is -1.18. The van der Waals surface area contributed by atoms with Crippen LogP contribution in [-0.4, -0.2) is 16.0 Å². The SMILES string of the molecule is Cc1cc(C)c(-c2ccc(C(=O)O)cc2[N+](=O)[O-])cc1C. The van der Waals surface area contributed by atoms with E-state index in [4.69, 9.17) is 5.11 Å². The fourth-order valence-electron chi connectivity index (χ4n) is 2.29. The van der Waals surface area contributed by atoms with Gasteiger partial charge in [-0.15, -0.1) is 0 Å². The van der Waals surface area contributed by atoms with Crippen molar-refractivity contribution in [3.8, 4) is 11.1 Å². The molecule has 5 heteroatoms. The van der Waals surface area contributed by atoms with E-state index in [1.54, 1.807) is 0 Å². The average Bonchev–Trinajstić information content (AvgIpc) is 2.42. The molecule has 108 valence electrons. The summed E-state index contributed by atoms with van der Waals surface area (Å²) in [6.45, 7) is 5.81. The molecule has 0 spiro atoms. The smallest absolute Gasteiger partial charge is 0.335 e. The van der Waals surface area contributed by atoms with E-state index in [0.717, 1.165) is 28.3 Å². The summed E-state index contributed by atoms with van der Waals surface area (Å²) in [6.07, 6.45) is 0. The van der Waals surface area contributed by atoms with Crippen molar-refractivity contribution in [2.45, 2.75) is 20.8 Å². The van der Waals surface area contributed by atoms with Gasteiger partial charge in [0.25, 0.3) is 5.69 Å². The van der Waals surface area contributed by atoms with E-state index in [9.17, 15) is 14.9 Å². The van der Waals surface area contributed by atoms with Gasteiger partial charge < -0.3 is 5.11 Å². The van der Waals surface area contributed by atoms with Gasteiger partial charge in [0.15, 0.2) is 0 Å². The third-order valence-electron chi connectivity index (χ3n) is 3.57. The van der Waals surface area contributed by atoms with E-state index in [-0.39, 0.29) is 11.3 Å². The number of aromatic carboxylic acids is 1. The van der Waals surface area contributed by atoms with E-state index in [0.29, 0.717) is 5.56 Å². The summed E-state index contributed by atoms with van der Waals surface area (Å²) in [5.74, 6) is -1.18. The number of carbonyl (C=O) groups is 1. The van der Waals surface area contributed by atoms with Crippen LogP contribution in [0.5, 0.6) is 0 Å². The second-order valence-electron chi connectivity index (χ2n) is 5.05. The summed E-state index contributed by atoms with van der Waals surface area (Å²) in [5.41, 5.74) is 3.97. The lowest BCUT2D eigenvalue weighted by Crippen LogP contribution is -2.00. The molecule has 0 saturated carbocycles. The van der Waals surface area contributed by atoms with Crippen molar-refractivity contribution in [3.63, 3.8) is 0 Å².